The molecule has 0 saturated heterocycles. The molecular formula is C13H22N2O4S. The van der Waals surface area contributed by atoms with Crippen molar-refractivity contribution in [1.29, 1.82) is 0 Å². The van der Waals surface area contributed by atoms with Gasteiger partial charge in [-0.3, -0.25) is 4.90 Å². The number of nitrogens with two attached hydrogens (primary N) is 1. The predicted molar refractivity (Wildman–Crippen MR) is 77.0 cm³/mol. The zero-order chi connectivity index (χ0) is 15.0. The lowest BCUT2D eigenvalue weighted by Crippen LogP contribution is -2.34. The molecular weight excluding hydrogens is 280 g/mol. The Bertz CT molecular complexity index is 499. The molecule has 0 aliphatic carbocycles. The van der Waals surface area contributed by atoms with Crippen molar-refractivity contribution in [2.75, 3.05) is 38.6 Å². The van der Waals surface area contributed by atoms with Gasteiger partial charge in [0.15, 0.2) is 9.84 Å². The molecule has 0 saturated carbocycles. The SMILES string of the molecule is NCc1cccc(S(=O)(=O)CCN(CCO)CCO)c1. The number of rotatable bonds is 9. The number of hydrogen-bond donors (Lipinski definition) is 3. The van der Waals surface area contributed by atoms with Gasteiger partial charge in [0.25, 0.3) is 0 Å². The molecule has 0 amide bonds. The molecule has 0 atom stereocenters. The number of sulfone groups is 1. The Morgan fingerprint density at radius 2 is 1.75 bits per heavy atom. The number of hydrogen-bond acceptors (Lipinski definition) is 6. The summed E-state index contributed by atoms with van der Waals surface area (Å²) in [4.78, 5) is 1.97. The maximum absolute atomic E-state index is 12.2. The van der Waals surface area contributed by atoms with E-state index in [1.54, 1.807) is 29.2 Å². The molecule has 0 heterocycles. The highest BCUT2D eigenvalue weighted by molar-refractivity contribution is 7.91. The van der Waals surface area contributed by atoms with E-state index >= 15 is 0 Å². The molecule has 0 unspecified atom stereocenters. The van der Waals surface area contributed by atoms with Gasteiger partial charge in [0.05, 0.1) is 23.9 Å². The monoisotopic (exact) mass is 302 g/mol. The summed E-state index contributed by atoms with van der Waals surface area (Å²) < 4.78 is 24.4. The van der Waals surface area contributed by atoms with Crippen molar-refractivity contribution in [2.45, 2.75) is 11.4 Å². The second-order valence-corrected chi connectivity index (χ2v) is 6.57. The van der Waals surface area contributed by atoms with Crippen LogP contribution in [0, 0.1) is 0 Å². The Hall–Kier alpha value is -0.990. The van der Waals surface area contributed by atoms with Crippen molar-refractivity contribution in [3.63, 3.8) is 0 Å². The standard InChI is InChI=1S/C13H22N2O4S/c14-11-12-2-1-3-13(10-12)20(18,19)9-6-15(4-7-16)5-8-17/h1-3,10,16-17H,4-9,11,14H2. The van der Waals surface area contributed by atoms with Gasteiger partial charge in [-0.15, -0.1) is 0 Å². The first kappa shape index (κ1) is 17.1. The first-order chi connectivity index (χ1) is 9.53. The van der Waals surface area contributed by atoms with Crippen LogP contribution in [0.15, 0.2) is 29.2 Å². The van der Waals surface area contributed by atoms with Crippen LogP contribution in [0.1, 0.15) is 5.56 Å². The van der Waals surface area contributed by atoms with Crippen LogP contribution in [0.2, 0.25) is 0 Å². The minimum absolute atomic E-state index is 0.0545. The molecule has 7 heteroatoms. The van der Waals surface area contributed by atoms with Crippen LogP contribution in [0.4, 0.5) is 0 Å². The van der Waals surface area contributed by atoms with Crippen LogP contribution in [0.3, 0.4) is 0 Å². The molecule has 0 aliphatic heterocycles. The third kappa shape index (κ3) is 5.18. The van der Waals surface area contributed by atoms with Gasteiger partial charge in [-0.25, -0.2) is 8.42 Å². The number of aliphatic hydroxyl groups is 2. The van der Waals surface area contributed by atoms with Crippen molar-refractivity contribution in [3.05, 3.63) is 29.8 Å². The van der Waals surface area contributed by atoms with E-state index in [2.05, 4.69) is 0 Å². The summed E-state index contributed by atoms with van der Waals surface area (Å²) in [6.45, 7) is 1.13. The fourth-order valence-electron chi connectivity index (χ4n) is 1.85. The van der Waals surface area contributed by atoms with Crippen LogP contribution >= 0.6 is 0 Å². The highest BCUT2D eigenvalue weighted by Crippen LogP contribution is 2.13. The fraction of sp³-hybridized carbons (Fsp3) is 0.538. The molecule has 0 bridgehead atoms. The first-order valence-corrected chi connectivity index (χ1v) is 8.14. The predicted octanol–water partition coefficient (Wildman–Crippen LogP) is -0.794. The molecule has 0 aromatic heterocycles. The topological polar surface area (TPSA) is 104 Å². The van der Waals surface area contributed by atoms with E-state index in [-0.39, 0.29) is 30.4 Å². The highest BCUT2D eigenvalue weighted by Gasteiger charge is 2.16. The Labute approximate surface area is 119 Å². The van der Waals surface area contributed by atoms with Crippen molar-refractivity contribution >= 4 is 9.84 Å². The van der Waals surface area contributed by atoms with E-state index < -0.39 is 9.84 Å². The molecule has 6 nitrogen and oxygen atoms in total. The van der Waals surface area contributed by atoms with Gasteiger partial charge >= 0.3 is 0 Å². The summed E-state index contributed by atoms with van der Waals surface area (Å²) >= 11 is 0. The third-order valence-electron chi connectivity index (χ3n) is 3.00. The van der Waals surface area contributed by atoms with E-state index in [0.717, 1.165) is 5.56 Å². The van der Waals surface area contributed by atoms with Crippen molar-refractivity contribution in [2.24, 2.45) is 5.73 Å². The van der Waals surface area contributed by atoms with Crippen LogP contribution < -0.4 is 5.73 Å². The van der Waals surface area contributed by atoms with Gasteiger partial charge in [0.1, 0.15) is 0 Å². The fourth-order valence-corrected chi connectivity index (χ4v) is 3.20. The molecule has 0 aliphatic rings. The molecule has 1 aromatic rings. The highest BCUT2D eigenvalue weighted by atomic mass is 32.2. The molecule has 1 aromatic carbocycles. The van der Waals surface area contributed by atoms with Gasteiger partial charge in [-0.2, -0.15) is 0 Å². The van der Waals surface area contributed by atoms with Gasteiger partial charge in [0, 0.05) is 26.2 Å². The molecule has 0 spiro atoms. The number of nitrogens with zero attached hydrogens (tertiary/aromatic N) is 1. The lowest BCUT2D eigenvalue weighted by atomic mass is 10.2. The summed E-state index contributed by atoms with van der Waals surface area (Å²) in [5.41, 5.74) is 6.28. The van der Waals surface area contributed by atoms with E-state index in [1.807, 2.05) is 0 Å². The average Bonchev–Trinajstić information content (AvgIpc) is 2.45. The van der Waals surface area contributed by atoms with Gasteiger partial charge in [0.2, 0.25) is 0 Å². The van der Waals surface area contributed by atoms with E-state index in [0.29, 0.717) is 19.6 Å². The average molecular weight is 302 g/mol. The molecule has 4 N–H and O–H groups in total. The van der Waals surface area contributed by atoms with Crippen LogP contribution in [0.25, 0.3) is 0 Å². The zero-order valence-corrected chi connectivity index (χ0v) is 12.2. The third-order valence-corrected chi connectivity index (χ3v) is 4.69. The second-order valence-electron chi connectivity index (χ2n) is 4.46. The first-order valence-electron chi connectivity index (χ1n) is 6.49. The molecule has 0 fully saturated rings. The van der Waals surface area contributed by atoms with E-state index in [1.165, 1.54) is 0 Å². The van der Waals surface area contributed by atoms with E-state index in [4.69, 9.17) is 15.9 Å². The molecule has 20 heavy (non-hydrogen) atoms. The maximum Gasteiger partial charge on any atom is 0.179 e. The summed E-state index contributed by atoms with van der Waals surface area (Å²) in [6.07, 6.45) is 0. The van der Waals surface area contributed by atoms with Gasteiger partial charge in [-0.05, 0) is 17.7 Å². The summed E-state index contributed by atoms with van der Waals surface area (Å²) in [6, 6.07) is 6.59. The van der Waals surface area contributed by atoms with Crippen LogP contribution in [-0.2, 0) is 16.4 Å². The summed E-state index contributed by atoms with van der Waals surface area (Å²) in [7, 11) is -3.39. The Balaban J connectivity index is 2.73. The van der Waals surface area contributed by atoms with Crippen LogP contribution in [0.5, 0.6) is 0 Å². The smallest absolute Gasteiger partial charge is 0.179 e. The maximum atomic E-state index is 12.2. The Morgan fingerprint density at radius 1 is 1.10 bits per heavy atom. The summed E-state index contributed by atoms with van der Waals surface area (Å²) in [5, 5.41) is 17.8. The van der Waals surface area contributed by atoms with Crippen molar-refractivity contribution < 1.29 is 18.6 Å². The lowest BCUT2D eigenvalue weighted by Gasteiger charge is -2.19. The molecule has 1 rings (SSSR count). The second kappa shape index (κ2) is 8.33. The largest absolute Gasteiger partial charge is 0.395 e. The van der Waals surface area contributed by atoms with Gasteiger partial charge < -0.3 is 15.9 Å². The Kier molecular flexibility index (Phi) is 7.11. The zero-order valence-electron chi connectivity index (χ0n) is 11.4. The minimum atomic E-state index is -3.39. The quantitative estimate of drug-likeness (QED) is 0.552. The number of aliphatic hydroxyl groups excluding tert-OH is 2. The lowest BCUT2D eigenvalue weighted by molar-refractivity contribution is 0.167. The number of benzene rings is 1. The molecule has 0 radical (unpaired) electrons. The van der Waals surface area contributed by atoms with Gasteiger partial charge in [-0.1, -0.05) is 12.1 Å². The summed E-state index contributed by atoms with van der Waals surface area (Å²) in [5.74, 6) is -0.0545. The minimum Gasteiger partial charge on any atom is -0.395 e. The van der Waals surface area contributed by atoms with Crippen molar-refractivity contribution in [1.82, 2.24) is 4.90 Å². The van der Waals surface area contributed by atoms with E-state index in [9.17, 15) is 8.42 Å². The molecule has 114 valence electrons. The Morgan fingerprint density at radius 3 is 2.30 bits per heavy atom. The van der Waals surface area contributed by atoms with Crippen molar-refractivity contribution in [3.8, 4) is 0 Å². The van der Waals surface area contributed by atoms with Crippen LogP contribution in [-0.4, -0.2) is 62.1 Å². The normalized spacial score (nSPS) is 12.0.